The standard InChI is InChI=1S/C36H46BN3O7/c1-35(2)27-19-29(35)36(3)30(20-27)46-37(47-36)31-15-10-17-39(31)32(41)22-40(34(43)45-24-26-13-8-5-9-14-26)28-16-18-38(21-28)33(42)44-23-25-11-6-4-7-12-25/h4-9,11-14,27-31H,10,15-24H2,1-3H3/t27-,28?,29-,30+,31-,36-/m0/s1. The van der Waals surface area contributed by atoms with Gasteiger partial charge in [-0.25, -0.2) is 9.59 Å². The summed E-state index contributed by atoms with van der Waals surface area (Å²) in [6.07, 6.45) is 3.35. The van der Waals surface area contributed by atoms with Crippen LogP contribution in [0.1, 0.15) is 64.0 Å². The number of nitrogens with zero attached hydrogens (tertiary/aromatic N) is 3. The molecule has 0 aromatic heterocycles. The molecule has 8 rings (SSSR count). The van der Waals surface area contributed by atoms with Crippen LogP contribution >= 0.6 is 0 Å². The van der Waals surface area contributed by atoms with E-state index in [2.05, 4.69) is 20.8 Å². The van der Waals surface area contributed by atoms with Crippen LogP contribution in [0.2, 0.25) is 0 Å². The fourth-order valence-corrected chi connectivity index (χ4v) is 8.80. The molecule has 47 heavy (non-hydrogen) atoms. The van der Waals surface area contributed by atoms with Crippen molar-refractivity contribution in [2.24, 2.45) is 17.3 Å². The van der Waals surface area contributed by atoms with E-state index in [4.69, 9.17) is 18.8 Å². The maximum absolute atomic E-state index is 14.1. The molecule has 2 aromatic carbocycles. The van der Waals surface area contributed by atoms with Gasteiger partial charge in [-0.15, -0.1) is 0 Å². The zero-order valence-electron chi connectivity index (χ0n) is 27.7. The first kappa shape index (κ1) is 32.0. The second-order valence-electron chi connectivity index (χ2n) is 14.7. The lowest BCUT2D eigenvalue weighted by atomic mass is 9.43. The third kappa shape index (κ3) is 6.12. The van der Waals surface area contributed by atoms with Gasteiger partial charge in [0.15, 0.2) is 0 Å². The van der Waals surface area contributed by atoms with Gasteiger partial charge in [0.2, 0.25) is 5.91 Å². The van der Waals surface area contributed by atoms with Gasteiger partial charge in [-0.05, 0) is 67.4 Å². The Morgan fingerprint density at radius 3 is 2.28 bits per heavy atom. The Morgan fingerprint density at radius 1 is 0.915 bits per heavy atom. The van der Waals surface area contributed by atoms with Crippen LogP contribution in [0, 0.1) is 17.3 Å². The van der Waals surface area contributed by atoms with Gasteiger partial charge in [0, 0.05) is 19.6 Å². The van der Waals surface area contributed by atoms with Crippen LogP contribution < -0.4 is 0 Å². The van der Waals surface area contributed by atoms with Gasteiger partial charge in [0.05, 0.1) is 23.7 Å². The van der Waals surface area contributed by atoms with Gasteiger partial charge in [-0.2, -0.15) is 0 Å². The summed E-state index contributed by atoms with van der Waals surface area (Å²) >= 11 is 0. The molecule has 3 aliphatic carbocycles. The number of likely N-dealkylation sites (tertiary alicyclic amines) is 2. The first-order chi connectivity index (χ1) is 22.6. The number of ether oxygens (including phenoxy) is 2. The number of rotatable bonds is 8. The molecule has 3 aliphatic heterocycles. The highest BCUT2D eigenvalue weighted by atomic mass is 16.7. The average molecular weight is 644 g/mol. The molecule has 6 atom stereocenters. The molecule has 3 heterocycles. The summed E-state index contributed by atoms with van der Waals surface area (Å²) in [7, 11) is -0.480. The van der Waals surface area contributed by atoms with E-state index in [0.717, 1.165) is 30.4 Å². The smallest absolute Gasteiger partial charge is 0.445 e. The van der Waals surface area contributed by atoms with E-state index in [9.17, 15) is 14.4 Å². The van der Waals surface area contributed by atoms with Crippen molar-refractivity contribution in [2.75, 3.05) is 26.2 Å². The lowest BCUT2D eigenvalue weighted by Gasteiger charge is -2.64. The minimum Gasteiger partial charge on any atom is -0.445 e. The van der Waals surface area contributed by atoms with Crippen molar-refractivity contribution in [2.45, 2.75) is 89.8 Å². The third-order valence-corrected chi connectivity index (χ3v) is 11.7. The quantitative estimate of drug-likeness (QED) is 0.361. The maximum Gasteiger partial charge on any atom is 0.481 e. The Kier molecular flexibility index (Phi) is 8.72. The van der Waals surface area contributed by atoms with Gasteiger partial charge in [-0.1, -0.05) is 74.5 Å². The molecule has 3 saturated heterocycles. The minimum absolute atomic E-state index is 0.0393. The molecular weight excluding hydrogens is 597 g/mol. The van der Waals surface area contributed by atoms with Crippen LogP contribution in [0.3, 0.4) is 0 Å². The van der Waals surface area contributed by atoms with Crippen molar-refractivity contribution in [1.29, 1.82) is 0 Å². The van der Waals surface area contributed by atoms with Gasteiger partial charge < -0.3 is 28.6 Å². The van der Waals surface area contributed by atoms with Gasteiger partial charge in [0.25, 0.3) is 0 Å². The summed E-state index contributed by atoms with van der Waals surface area (Å²) < 4.78 is 24.6. The van der Waals surface area contributed by atoms with Crippen molar-refractivity contribution < 1.29 is 33.2 Å². The van der Waals surface area contributed by atoms with E-state index in [1.165, 1.54) is 11.3 Å². The summed E-state index contributed by atoms with van der Waals surface area (Å²) in [5.41, 5.74) is 1.64. The molecule has 3 amide bonds. The van der Waals surface area contributed by atoms with Crippen molar-refractivity contribution >= 4 is 25.2 Å². The van der Waals surface area contributed by atoms with E-state index >= 15 is 0 Å². The van der Waals surface area contributed by atoms with Crippen molar-refractivity contribution in [3.05, 3.63) is 71.8 Å². The van der Waals surface area contributed by atoms with Crippen molar-refractivity contribution in [3.8, 4) is 0 Å². The lowest BCUT2D eigenvalue weighted by molar-refractivity contribution is -0.199. The number of carbonyl (C=O) groups is 3. The molecule has 0 radical (unpaired) electrons. The van der Waals surface area contributed by atoms with Gasteiger partial charge >= 0.3 is 19.3 Å². The second kappa shape index (κ2) is 12.8. The Morgan fingerprint density at radius 2 is 1.60 bits per heavy atom. The number of amides is 3. The number of benzene rings is 2. The Hall–Kier alpha value is -3.57. The van der Waals surface area contributed by atoms with E-state index in [1.807, 2.05) is 65.6 Å². The fourth-order valence-electron chi connectivity index (χ4n) is 8.80. The van der Waals surface area contributed by atoms with Crippen LogP contribution in [-0.2, 0) is 36.8 Å². The highest BCUT2D eigenvalue weighted by Gasteiger charge is 2.69. The van der Waals surface area contributed by atoms with E-state index in [-0.39, 0.29) is 61.3 Å². The molecule has 2 bridgehead atoms. The molecule has 1 unspecified atom stereocenters. The molecule has 10 nitrogen and oxygen atoms in total. The number of hydrogen-bond donors (Lipinski definition) is 0. The van der Waals surface area contributed by atoms with Gasteiger partial charge in [-0.3, -0.25) is 9.69 Å². The highest BCUT2D eigenvalue weighted by Crippen LogP contribution is 2.66. The second-order valence-corrected chi connectivity index (χ2v) is 14.7. The summed E-state index contributed by atoms with van der Waals surface area (Å²) in [5, 5.41) is 0. The minimum atomic E-state index is -0.573. The first-order valence-electron chi connectivity index (χ1n) is 17.2. The Balaban J connectivity index is 1.02. The Labute approximate surface area is 277 Å². The summed E-state index contributed by atoms with van der Waals surface area (Å²) in [5.74, 6) is 0.715. The average Bonchev–Trinajstić information content (AvgIpc) is 3.84. The highest BCUT2D eigenvalue weighted by molar-refractivity contribution is 6.48. The predicted octanol–water partition coefficient (Wildman–Crippen LogP) is 5.29. The summed E-state index contributed by atoms with van der Waals surface area (Å²) in [4.78, 5) is 45.6. The largest absolute Gasteiger partial charge is 0.481 e. The zero-order valence-corrected chi connectivity index (χ0v) is 27.7. The molecule has 11 heteroatoms. The van der Waals surface area contributed by atoms with Crippen molar-refractivity contribution in [3.63, 3.8) is 0 Å². The van der Waals surface area contributed by atoms with Crippen LogP contribution in [0.25, 0.3) is 0 Å². The molecule has 3 saturated carbocycles. The third-order valence-electron chi connectivity index (χ3n) is 11.7. The zero-order chi connectivity index (χ0) is 32.8. The van der Waals surface area contributed by atoms with E-state index < -0.39 is 19.3 Å². The summed E-state index contributed by atoms with van der Waals surface area (Å²) in [6, 6.07) is 18.6. The maximum atomic E-state index is 14.1. The number of hydrogen-bond acceptors (Lipinski definition) is 7. The summed E-state index contributed by atoms with van der Waals surface area (Å²) in [6.45, 7) is 8.26. The molecular formula is C36H46BN3O7. The van der Waals surface area contributed by atoms with Crippen molar-refractivity contribution in [1.82, 2.24) is 14.7 Å². The molecule has 6 fully saturated rings. The van der Waals surface area contributed by atoms with Crippen LogP contribution in [0.5, 0.6) is 0 Å². The Bertz CT molecular complexity index is 1460. The topological polar surface area (TPSA) is 97.9 Å². The molecule has 250 valence electrons. The SMILES string of the molecule is CC1(C)[C@@H]2C[C@H]3OB([C@@H]4CCCN4C(=O)CN(C(=O)OCc4ccccc4)C4CCN(C(=O)OCc5ccccc5)C4)O[C@@]3(C)[C@H]1C2. The molecule has 0 spiro atoms. The van der Waals surface area contributed by atoms with E-state index in [0.29, 0.717) is 31.3 Å². The van der Waals surface area contributed by atoms with Crippen LogP contribution in [-0.4, -0.2) is 89.8 Å². The lowest BCUT2D eigenvalue weighted by Crippen LogP contribution is -2.65. The van der Waals surface area contributed by atoms with Crippen LogP contribution in [0.4, 0.5) is 9.59 Å². The molecule has 0 N–H and O–H groups in total. The van der Waals surface area contributed by atoms with E-state index in [1.54, 1.807) is 4.90 Å². The molecule has 6 aliphatic rings. The number of carbonyl (C=O) groups excluding carboxylic acids is 3. The predicted molar refractivity (Wildman–Crippen MR) is 175 cm³/mol. The van der Waals surface area contributed by atoms with Gasteiger partial charge in [0.1, 0.15) is 19.8 Å². The molecule has 2 aromatic rings. The van der Waals surface area contributed by atoms with Crippen LogP contribution in [0.15, 0.2) is 60.7 Å². The fraction of sp³-hybridized carbons (Fsp3) is 0.583. The monoisotopic (exact) mass is 643 g/mol. The normalized spacial score (nSPS) is 30.4. The first-order valence-corrected chi connectivity index (χ1v) is 17.2.